The van der Waals surface area contributed by atoms with Crippen LogP contribution < -0.4 is 10.9 Å². The van der Waals surface area contributed by atoms with Gasteiger partial charge in [0.2, 0.25) is 5.91 Å². The number of nitrogens with zero attached hydrogens (tertiary/aromatic N) is 1. The Labute approximate surface area is 164 Å². The van der Waals surface area contributed by atoms with Crippen LogP contribution in [0.1, 0.15) is 50.8 Å². The number of hydrogen-bond donors (Lipinski definition) is 2. The number of amides is 1. The SMILES string of the molecule is CC1CCC(NC(=O)[C@H]2[C@@H](c3nc4ccccc4c(=O)[nH]3)[C@H]3C=C[C@@H]2C3)CC1. The molecule has 1 heterocycles. The first-order valence-corrected chi connectivity index (χ1v) is 10.6. The molecule has 0 unspecified atom stereocenters. The summed E-state index contributed by atoms with van der Waals surface area (Å²) in [5.74, 6) is 1.90. The Bertz CT molecular complexity index is 987. The second kappa shape index (κ2) is 6.87. The van der Waals surface area contributed by atoms with Crippen molar-refractivity contribution in [1.82, 2.24) is 15.3 Å². The minimum atomic E-state index is -0.140. The molecule has 2 N–H and O–H groups in total. The van der Waals surface area contributed by atoms with E-state index in [0.29, 0.717) is 16.7 Å². The number of rotatable bonds is 3. The van der Waals surface area contributed by atoms with E-state index in [1.54, 1.807) is 6.07 Å². The average Bonchev–Trinajstić information content (AvgIpc) is 3.31. The molecule has 5 rings (SSSR count). The summed E-state index contributed by atoms with van der Waals surface area (Å²) in [7, 11) is 0. The molecule has 1 aromatic heterocycles. The minimum Gasteiger partial charge on any atom is -0.353 e. The lowest BCUT2D eigenvalue weighted by molar-refractivity contribution is -0.127. The molecule has 2 aromatic rings. The number of benzene rings is 1. The van der Waals surface area contributed by atoms with Gasteiger partial charge in [0.1, 0.15) is 5.82 Å². The highest BCUT2D eigenvalue weighted by atomic mass is 16.2. The van der Waals surface area contributed by atoms with Gasteiger partial charge in [-0.25, -0.2) is 4.98 Å². The van der Waals surface area contributed by atoms with Crippen LogP contribution in [0.3, 0.4) is 0 Å². The molecule has 2 bridgehead atoms. The summed E-state index contributed by atoms with van der Waals surface area (Å²) in [6, 6.07) is 7.69. The molecule has 3 aliphatic carbocycles. The molecule has 2 saturated carbocycles. The van der Waals surface area contributed by atoms with Crippen molar-refractivity contribution in [3.05, 3.63) is 52.6 Å². The first-order valence-electron chi connectivity index (χ1n) is 10.6. The van der Waals surface area contributed by atoms with Crippen LogP contribution in [-0.4, -0.2) is 21.9 Å². The lowest BCUT2D eigenvalue weighted by Crippen LogP contribution is -2.43. The van der Waals surface area contributed by atoms with Crippen molar-refractivity contribution in [2.45, 2.75) is 51.0 Å². The van der Waals surface area contributed by atoms with Gasteiger partial charge in [-0.05, 0) is 62.0 Å². The third-order valence-electron chi connectivity index (χ3n) is 7.07. The number of carbonyl (C=O) groups excluding carboxylic acids is 1. The fraction of sp³-hybridized carbons (Fsp3) is 0.522. The maximum absolute atomic E-state index is 13.3. The van der Waals surface area contributed by atoms with Crippen LogP contribution in [0.5, 0.6) is 0 Å². The molecule has 3 aliphatic rings. The fourth-order valence-corrected chi connectivity index (χ4v) is 5.52. The quantitative estimate of drug-likeness (QED) is 0.804. The van der Waals surface area contributed by atoms with Gasteiger partial charge in [0.05, 0.1) is 16.8 Å². The Hall–Kier alpha value is -2.43. The predicted octanol–water partition coefficient (Wildman–Crippen LogP) is 3.52. The van der Waals surface area contributed by atoms with Crippen molar-refractivity contribution in [3.8, 4) is 0 Å². The number of hydrogen-bond acceptors (Lipinski definition) is 3. The highest BCUT2D eigenvalue weighted by Gasteiger charge is 2.50. The molecule has 1 amide bonds. The largest absolute Gasteiger partial charge is 0.353 e. The van der Waals surface area contributed by atoms with E-state index in [1.165, 1.54) is 12.8 Å². The number of fused-ring (bicyclic) bond motifs is 3. The zero-order chi connectivity index (χ0) is 19.3. The van der Waals surface area contributed by atoms with E-state index >= 15 is 0 Å². The van der Waals surface area contributed by atoms with Crippen LogP contribution >= 0.6 is 0 Å². The number of allylic oxidation sites excluding steroid dienone is 2. The van der Waals surface area contributed by atoms with Crippen molar-refractivity contribution in [1.29, 1.82) is 0 Å². The summed E-state index contributed by atoms with van der Waals surface area (Å²) in [6.45, 7) is 2.29. The normalized spacial score (nSPS) is 34.0. The summed E-state index contributed by atoms with van der Waals surface area (Å²) in [5.41, 5.74) is 0.584. The Kier molecular flexibility index (Phi) is 4.33. The molecule has 28 heavy (non-hydrogen) atoms. The molecule has 0 saturated heterocycles. The number of H-pyrrole nitrogens is 1. The van der Waals surface area contributed by atoms with Gasteiger partial charge < -0.3 is 10.3 Å². The summed E-state index contributed by atoms with van der Waals surface area (Å²) >= 11 is 0. The smallest absolute Gasteiger partial charge is 0.258 e. The molecule has 1 aromatic carbocycles. The number of aromatic nitrogens is 2. The fourth-order valence-electron chi connectivity index (χ4n) is 5.52. The molecule has 0 spiro atoms. The second-order valence-electron chi connectivity index (χ2n) is 8.93. The molecule has 5 nitrogen and oxygen atoms in total. The number of nitrogens with one attached hydrogen (secondary N) is 2. The topological polar surface area (TPSA) is 74.8 Å². The average molecular weight is 377 g/mol. The highest BCUT2D eigenvalue weighted by Crippen LogP contribution is 2.52. The van der Waals surface area contributed by atoms with Crippen molar-refractivity contribution >= 4 is 16.8 Å². The van der Waals surface area contributed by atoms with Gasteiger partial charge in [-0.2, -0.15) is 0 Å². The first kappa shape index (κ1) is 17.7. The third kappa shape index (κ3) is 2.97. The van der Waals surface area contributed by atoms with Gasteiger partial charge in [-0.3, -0.25) is 9.59 Å². The number of carbonyl (C=O) groups is 1. The predicted molar refractivity (Wildman–Crippen MR) is 109 cm³/mol. The highest BCUT2D eigenvalue weighted by molar-refractivity contribution is 5.82. The van der Waals surface area contributed by atoms with Gasteiger partial charge >= 0.3 is 0 Å². The van der Waals surface area contributed by atoms with Crippen molar-refractivity contribution < 1.29 is 4.79 Å². The molecular formula is C23H27N3O2. The molecule has 2 fully saturated rings. The van der Waals surface area contributed by atoms with Crippen LogP contribution in [0.2, 0.25) is 0 Å². The van der Waals surface area contributed by atoms with Gasteiger partial charge in [0.25, 0.3) is 5.56 Å². The van der Waals surface area contributed by atoms with Crippen LogP contribution in [0, 0.1) is 23.7 Å². The van der Waals surface area contributed by atoms with Crippen LogP contribution in [0.15, 0.2) is 41.2 Å². The van der Waals surface area contributed by atoms with E-state index in [4.69, 9.17) is 4.98 Å². The van der Waals surface area contributed by atoms with E-state index < -0.39 is 0 Å². The standard InChI is InChI=1S/C23H27N3O2/c1-13-6-10-16(11-7-13)24-23(28)20-15-9-8-14(12-15)19(20)21-25-18-5-3-2-4-17(18)22(27)26-21/h2-5,8-9,13-16,19-20H,6-7,10-12H2,1H3,(H,24,28)(H,25,26,27)/t13?,14-,15+,16?,19-,20+/m0/s1. The molecule has 4 atom stereocenters. The minimum absolute atomic E-state index is 0.0465. The summed E-state index contributed by atoms with van der Waals surface area (Å²) < 4.78 is 0. The Morgan fingerprint density at radius 1 is 1.11 bits per heavy atom. The maximum atomic E-state index is 13.3. The zero-order valence-corrected chi connectivity index (χ0v) is 16.2. The lowest BCUT2D eigenvalue weighted by Gasteiger charge is -2.31. The molecule has 146 valence electrons. The van der Waals surface area contributed by atoms with Crippen molar-refractivity contribution in [3.63, 3.8) is 0 Å². The second-order valence-corrected chi connectivity index (χ2v) is 8.93. The van der Waals surface area contributed by atoms with E-state index in [9.17, 15) is 9.59 Å². The Morgan fingerprint density at radius 3 is 2.68 bits per heavy atom. The lowest BCUT2D eigenvalue weighted by atomic mass is 9.81. The molecule has 5 heteroatoms. The van der Waals surface area contributed by atoms with Crippen LogP contribution in [-0.2, 0) is 4.79 Å². The molecule has 0 radical (unpaired) electrons. The van der Waals surface area contributed by atoms with Crippen molar-refractivity contribution in [2.24, 2.45) is 23.7 Å². The van der Waals surface area contributed by atoms with Gasteiger partial charge in [0.15, 0.2) is 0 Å². The zero-order valence-electron chi connectivity index (χ0n) is 16.2. The van der Waals surface area contributed by atoms with Crippen LogP contribution in [0.4, 0.5) is 0 Å². The third-order valence-corrected chi connectivity index (χ3v) is 7.07. The van der Waals surface area contributed by atoms with Gasteiger partial charge in [-0.15, -0.1) is 0 Å². The van der Waals surface area contributed by atoms with Crippen LogP contribution in [0.25, 0.3) is 10.9 Å². The van der Waals surface area contributed by atoms with E-state index in [0.717, 1.165) is 25.2 Å². The maximum Gasteiger partial charge on any atom is 0.258 e. The Morgan fingerprint density at radius 2 is 1.86 bits per heavy atom. The van der Waals surface area contributed by atoms with Gasteiger partial charge in [0, 0.05) is 12.0 Å². The monoisotopic (exact) mass is 377 g/mol. The van der Waals surface area contributed by atoms with E-state index in [-0.39, 0.29) is 41.2 Å². The number of aromatic amines is 1. The summed E-state index contributed by atoms with van der Waals surface area (Å²) in [6.07, 6.45) is 9.87. The number of para-hydroxylation sites is 1. The van der Waals surface area contributed by atoms with Crippen molar-refractivity contribution in [2.75, 3.05) is 0 Å². The van der Waals surface area contributed by atoms with Gasteiger partial charge in [-0.1, -0.05) is 31.2 Å². The molecular weight excluding hydrogens is 350 g/mol. The first-order chi connectivity index (χ1) is 13.6. The van der Waals surface area contributed by atoms with E-state index in [1.807, 2.05) is 18.2 Å². The molecule has 0 aliphatic heterocycles. The summed E-state index contributed by atoms with van der Waals surface area (Å²) in [5, 5.41) is 3.92. The summed E-state index contributed by atoms with van der Waals surface area (Å²) in [4.78, 5) is 33.6. The van der Waals surface area contributed by atoms with E-state index in [2.05, 4.69) is 29.4 Å². The Balaban J connectivity index is 1.44.